The highest BCUT2D eigenvalue weighted by Gasteiger charge is 2.04. The van der Waals surface area contributed by atoms with Crippen LogP contribution in [0.1, 0.15) is 32.8 Å². The topological polar surface area (TPSA) is 67.5 Å². The zero-order valence-corrected chi connectivity index (χ0v) is 10.5. The van der Waals surface area contributed by atoms with E-state index < -0.39 is 0 Å². The van der Waals surface area contributed by atoms with Crippen molar-refractivity contribution in [2.75, 3.05) is 5.73 Å². The van der Waals surface area contributed by atoms with Crippen LogP contribution >= 0.6 is 0 Å². The molecule has 0 radical (unpaired) electrons. The summed E-state index contributed by atoms with van der Waals surface area (Å²) >= 11 is 0. The quantitative estimate of drug-likeness (QED) is 0.475. The number of benzene rings is 1. The molecule has 4 nitrogen and oxygen atoms in total. The van der Waals surface area contributed by atoms with Crippen molar-refractivity contribution >= 4 is 17.3 Å². The van der Waals surface area contributed by atoms with E-state index in [-0.39, 0.29) is 5.91 Å². The summed E-state index contributed by atoms with van der Waals surface area (Å²) in [5.41, 5.74) is 10.6. The van der Waals surface area contributed by atoms with Crippen LogP contribution in [0.2, 0.25) is 0 Å². The van der Waals surface area contributed by atoms with E-state index in [4.69, 9.17) is 5.73 Å². The summed E-state index contributed by atoms with van der Waals surface area (Å²) in [5, 5.41) is 4.05. The van der Waals surface area contributed by atoms with Gasteiger partial charge in [0.1, 0.15) is 0 Å². The third-order valence-electron chi connectivity index (χ3n) is 2.25. The number of carbonyl (C=O) groups excluding carboxylic acids is 1. The van der Waals surface area contributed by atoms with Crippen LogP contribution in [-0.2, 0) is 4.79 Å². The molecule has 0 atom stereocenters. The van der Waals surface area contributed by atoms with Crippen molar-refractivity contribution in [1.82, 2.24) is 5.43 Å². The van der Waals surface area contributed by atoms with Gasteiger partial charge in [-0.2, -0.15) is 5.10 Å². The number of nitrogens with one attached hydrogen (secondary N) is 1. The first-order chi connectivity index (χ1) is 7.99. The summed E-state index contributed by atoms with van der Waals surface area (Å²) in [7, 11) is 0. The molecule has 0 aliphatic rings. The summed E-state index contributed by atoms with van der Waals surface area (Å²) in [4.78, 5) is 11.4. The fraction of sp³-hybridized carbons (Fsp3) is 0.385. The molecule has 0 spiro atoms. The molecule has 0 aliphatic carbocycles. The Balaban J connectivity index is 2.64. The highest BCUT2D eigenvalue weighted by atomic mass is 16.2. The maximum absolute atomic E-state index is 11.4. The number of nitrogen functional groups attached to an aromatic ring is 1. The van der Waals surface area contributed by atoms with Crippen molar-refractivity contribution in [3.8, 4) is 0 Å². The lowest BCUT2D eigenvalue weighted by atomic mass is 10.1. The van der Waals surface area contributed by atoms with E-state index in [0.29, 0.717) is 18.0 Å². The van der Waals surface area contributed by atoms with E-state index >= 15 is 0 Å². The van der Waals surface area contributed by atoms with Gasteiger partial charge >= 0.3 is 0 Å². The van der Waals surface area contributed by atoms with Crippen LogP contribution in [0.25, 0.3) is 0 Å². The molecule has 0 saturated carbocycles. The Morgan fingerprint density at radius 1 is 1.47 bits per heavy atom. The fourth-order valence-electron chi connectivity index (χ4n) is 1.39. The van der Waals surface area contributed by atoms with Gasteiger partial charge in [-0.1, -0.05) is 26.0 Å². The van der Waals surface area contributed by atoms with Crippen LogP contribution in [0.3, 0.4) is 0 Å². The Bertz CT molecular complexity index is 424. The van der Waals surface area contributed by atoms with Gasteiger partial charge in [0.15, 0.2) is 0 Å². The third kappa shape index (κ3) is 4.68. The molecule has 4 heteroatoms. The molecule has 0 heterocycles. The highest BCUT2D eigenvalue weighted by molar-refractivity contribution is 5.99. The molecule has 92 valence electrons. The molecule has 0 unspecified atom stereocenters. The summed E-state index contributed by atoms with van der Waals surface area (Å²) in [6, 6.07) is 7.41. The SMILES string of the molecule is C/C(=N\NC(=O)CC(C)C)c1cccc(N)c1. The molecule has 1 amide bonds. The lowest BCUT2D eigenvalue weighted by Gasteiger charge is -2.05. The van der Waals surface area contributed by atoms with Crippen molar-refractivity contribution in [3.05, 3.63) is 29.8 Å². The van der Waals surface area contributed by atoms with Crippen LogP contribution in [-0.4, -0.2) is 11.6 Å². The Hall–Kier alpha value is -1.84. The number of nitrogens with two attached hydrogens (primary N) is 1. The standard InChI is InChI=1S/C13H19N3O/c1-9(2)7-13(17)16-15-10(3)11-5-4-6-12(14)8-11/h4-6,8-9H,7,14H2,1-3H3,(H,16,17)/b15-10+. The van der Waals surface area contributed by atoms with E-state index in [1.165, 1.54) is 0 Å². The fourth-order valence-corrected chi connectivity index (χ4v) is 1.39. The smallest absolute Gasteiger partial charge is 0.240 e. The second-order valence-corrected chi connectivity index (χ2v) is 4.46. The molecule has 17 heavy (non-hydrogen) atoms. The zero-order valence-electron chi connectivity index (χ0n) is 10.5. The minimum atomic E-state index is -0.0664. The second-order valence-electron chi connectivity index (χ2n) is 4.46. The molecule has 0 bridgehead atoms. The summed E-state index contributed by atoms with van der Waals surface area (Å²) in [5.74, 6) is 0.265. The number of hydrazone groups is 1. The van der Waals surface area contributed by atoms with Crippen molar-refractivity contribution in [3.63, 3.8) is 0 Å². The summed E-state index contributed by atoms with van der Waals surface area (Å²) in [6.45, 7) is 5.83. The lowest BCUT2D eigenvalue weighted by Crippen LogP contribution is -2.20. The van der Waals surface area contributed by atoms with Gasteiger partial charge in [-0.3, -0.25) is 4.79 Å². The van der Waals surface area contributed by atoms with Crippen LogP contribution < -0.4 is 11.2 Å². The number of rotatable bonds is 4. The van der Waals surface area contributed by atoms with Gasteiger partial charge in [0.25, 0.3) is 0 Å². The van der Waals surface area contributed by atoms with E-state index in [1.807, 2.05) is 45.0 Å². The molecule has 1 aromatic rings. The molecule has 1 rings (SSSR count). The van der Waals surface area contributed by atoms with Crippen molar-refractivity contribution in [2.45, 2.75) is 27.2 Å². The number of amides is 1. The Kier molecular flexibility index (Phi) is 4.69. The zero-order chi connectivity index (χ0) is 12.8. The molecule has 0 aliphatic heterocycles. The summed E-state index contributed by atoms with van der Waals surface area (Å²) < 4.78 is 0. The minimum absolute atomic E-state index is 0.0664. The first-order valence-electron chi connectivity index (χ1n) is 5.68. The average Bonchev–Trinajstić information content (AvgIpc) is 2.25. The van der Waals surface area contributed by atoms with Gasteiger partial charge < -0.3 is 5.73 Å². The van der Waals surface area contributed by atoms with Crippen LogP contribution in [0, 0.1) is 5.92 Å². The maximum atomic E-state index is 11.4. The van der Waals surface area contributed by atoms with Gasteiger partial charge in [-0.25, -0.2) is 5.43 Å². The van der Waals surface area contributed by atoms with Gasteiger partial charge in [0, 0.05) is 12.1 Å². The molecule has 0 saturated heterocycles. The number of hydrogen-bond acceptors (Lipinski definition) is 3. The van der Waals surface area contributed by atoms with Gasteiger partial charge in [-0.15, -0.1) is 0 Å². The number of nitrogens with zero attached hydrogens (tertiary/aromatic N) is 1. The maximum Gasteiger partial charge on any atom is 0.240 e. The number of carbonyl (C=O) groups is 1. The molecule has 1 aromatic carbocycles. The monoisotopic (exact) mass is 233 g/mol. The van der Waals surface area contributed by atoms with Crippen molar-refractivity contribution in [1.29, 1.82) is 0 Å². The largest absolute Gasteiger partial charge is 0.399 e. The van der Waals surface area contributed by atoms with E-state index in [1.54, 1.807) is 0 Å². The average molecular weight is 233 g/mol. The first kappa shape index (κ1) is 13.2. The first-order valence-corrected chi connectivity index (χ1v) is 5.68. The Morgan fingerprint density at radius 3 is 2.76 bits per heavy atom. The minimum Gasteiger partial charge on any atom is -0.399 e. The second kappa shape index (κ2) is 6.03. The molecule has 0 aromatic heterocycles. The third-order valence-corrected chi connectivity index (χ3v) is 2.25. The summed E-state index contributed by atoms with van der Waals surface area (Å²) in [6.07, 6.45) is 0.480. The predicted octanol–water partition coefficient (Wildman–Crippen LogP) is 2.16. The van der Waals surface area contributed by atoms with Gasteiger partial charge in [0.05, 0.1) is 5.71 Å². The van der Waals surface area contributed by atoms with Crippen LogP contribution in [0.5, 0.6) is 0 Å². The predicted molar refractivity (Wildman–Crippen MR) is 70.7 cm³/mol. The lowest BCUT2D eigenvalue weighted by molar-refractivity contribution is -0.121. The number of anilines is 1. The molecule has 0 fully saturated rings. The molecular weight excluding hydrogens is 214 g/mol. The number of hydrogen-bond donors (Lipinski definition) is 2. The van der Waals surface area contributed by atoms with Crippen molar-refractivity contribution in [2.24, 2.45) is 11.0 Å². The van der Waals surface area contributed by atoms with E-state index in [0.717, 1.165) is 11.3 Å². The normalized spacial score (nSPS) is 11.6. The Morgan fingerprint density at radius 2 is 2.18 bits per heavy atom. The van der Waals surface area contributed by atoms with E-state index in [9.17, 15) is 4.79 Å². The van der Waals surface area contributed by atoms with Crippen LogP contribution in [0.4, 0.5) is 5.69 Å². The highest BCUT2D eigenvalue weighted by Crippen LogP contribution is 2.07. The van der Waals surface area contributed by atoms with E-state index in [2.05, 4.69) is 10.5 Å². The molecule has 3 N–H and O–H groups in total. The molecular formula is C13H19N3O. The van der Waals surface area contributed by atoms with Gasteiger partial charge in [0.2, 0.25) is 5.91 Å². The van der Waals surface area contributed by atoms with Crippen LogP contribution in [0.15, 0.2) is 29.4 Å². The van der Waals surface area contributed by atoms with Crippen molar-refractivity contribution < 1.29 is 4.79 Å². The van der Waals surface area contributed by atoms with Gasteiger partial charge in [-0.05, 0) is 30.5 Å². The Labute approximate surface area is 102 Å².